The Kier molecular flexibility index (Phi) is 5.14. The molecule has 0 spiro atoms. The maximum Gasteiger partial charge on any atom is 0.297 e. The zero-order chi connectivity index (χ0) is 17.0. The van der Waals surface area contributed by atoms with E-state index in [1.54, 1.807) is 24.3 Å². The number of aromatic hydroxyl groups is 1. The quantitative estimate of drug-likeness (QED) is 0.444. The molecule has 124 valence electrons. The van der Waals surface area contributed by atoms with Crippen molar-refractivity contribution in [1.82, 2.24) is 10.5 Å². The maximum absolute atomic E-state index is 12.4. The summed E-state index contributed by atoms with van der Waals surface area (Å²) in [4.78, 5) is 15.0. The fourth-order valence-electron chi connectivity index (χ4n) is 2.24. The Morgan fingerprint density at radius 3 is 2.70 bits per heavy atom. The van der Waals surface area contributed by atoms with Crippen LogP contribution in [0.25, 0.3) is 0 Å². The van der Waals surface area contributed by atoms with Crippen LogP contribution in [0.5, 0.6) is 5.75 Å². The van der Waals surface area contributed by atoms with Crippen molar-refractivity contribution in [1.29, 1.82) is 0 Å². The fraction of sp³-hybridized carbons (Fsp3) is 0.286. The summed E-state index contributed by atoms with van der Waals surface area (Å²) < 4.78 is 24.8. The zero-order valence-corrected chi connectivity index (χ0v) is 12.8. The Balaban J connectivity index is 2.37. The van der Waals surface area contributed by atoms with Gasteiger partial charge in [-0.3, -0.25) is 10.0 Å². The first-order chi connectivity index (χ1) is 10.9. The average molecular weight is 340 g/mol. The lowest BCUT2D eigenvalue weighted by molar-refractivity contribution is 0.0697. The number of hydrogen-bond donors (Lipinski definition) is 4. The van der Waals surface area contributed by atoms with Gasteiger partial charge in [-0.25, -0.2) is 18.9 Å². The number of aliphatic hydroxyl groups excluding tert-OH is 1. The second-order valence-corrected chi connectivity index (χ2v) is 7.17. The van der Waals surface area contributed by atoms with E-state index in [9.17, 15) is 23.4 Å². The number of rotatable bonds is 5. The molecule has 1 atom stereocenters. The highest BCUT2D eigenvalue weighted by atomic mass is 32.2. The number of aromatic nitrogens is 1. The molecule has 0 bridgehead atoms. The van der Waals surface area contributed by atoms with Gasteiger partial charge in [0.05, 0.1) is 17.6 Å². The number of hydroxylamine groups is 1. The van der Waals surface area contributed by atoms with Crippen molar-refractivity contribution in [3.8, 4) is 5.75 Å². The third kappa shape index (κ3) is 3.58. The minimum absolute atomic E-state index is 0.0995. The molecule has 8 nitrogen and oxygen atoms in total. The third-order valence-corrected chi connectivity index (χ3v) is 5.47. The van der Waals surface area contributed by atoms with E-state index >= 15 is 0 Å². The standard InChI is InChI=1S/C14H16N2O6S/c17-7-11-9(6-15-12(13(11)18)14(19)16-20)8-23(21,22)10-4-2-1-3-5-10/h1-4,6,10,17-18,20H,5,7-8H2,(H,16,19). The van der Waals surface area contributed by atoms with Crippen LogP contribution in [0.1, 0.15) is 28.0 Å². The van der Waals surface area contributed by atoms with Crippen LogP contribution in [0.2, 0.25) is 0 Å². The number of nitrogens with zero attached hydrogens (tertiary/aromatic N) is 1. The normalized spacial score (nSPS) is 17.2. The lowest BCUT2D eigenvalue weighted by atomic mass is 10.1. The number of carbonyl (C=O) groups excluding carboxylic acids is 1. The molecule has 23 heavy (non-hydrogen) atoms. The molecule has 1 unspecified atom stereocenters. The Morgan fingerprint density at radius 2 is 2.13 bits per heavy atom. The molecule has 1 aromatic heterocycles. The van der Waals surface area contributed by atoms with E-state index in [0.717, 1.165) is 6.20 Å². The summed E-state index contributed by atoms with van der Waals surface area (Å²) in [7, 11) is -3.57. The molecule has 2 rings (SSSR count). The third-order valence-electron chi connectivity index (χ3n) is 3.48. The molecule has 1 heterocycles. The minimum Gasteiger partial charge on any atom is -0.505 e. The first-order valence-electron chi connectivity index (χ1n) is 6.70. The first-order valence-corrected chi connectivity index (χ1v) is 8.42. The highest BCUT2D eigenvalue weighted by Crippen LogP contribution is 2.27. The molecular weight excluding hydrogens is 324 g/mol. The molecule has 0 aromatic carbocycles. The largest absolute Gasteiger partial charge is 0.505 e. The Hall–Kier alpha value is -2.23. The van der Waals surface area contributed by atoms with Crippen LogP contribution in [0, 0.1) is 0 Å². The highest BCUT2D eigenvalue weighted by Gasteiger charge is 2.27. The van der Waals surface area contributed by atoms with Crippen LogP contribution in [0.15, 0.2) is 30.5 Å². The Bertz CT molecular complexity index is 770. The Morgan fingerprint density at radius 1 is 1.39 bits per heavy atom. The van der Waals surface area contributed by atoms with E-state index in [2.05, 4.69) is 4.98 Å². The van der Waals surface area contributed by atoms with Crippen molar-refractivity contribution in [2.75, 3.05) is 0 Å². The fourth-order valence-corrected chi connectivity index (χ4v) is 3.88. The molecule has 0 saturated heterocycles. The van der Waals surface area contributed by atoms with Crippen molar-refractivity contribution in [2.24, 2.45) is 0 Å². The van der Waals surface area contributed by atoms with Gasteiger partial charge in [0, 0.05) is 11.8 Å². The lowest BCUT2D eigenvalue weighted by Crippen LogP contribution is -2.23. The summed E-state index contributed by atoms with van der Waals surface area (Å²) >= 11 is 0. The second-order valence-electron chi connectivity index (χ2n) is 4.95. The average Bonchev–Trinajstić information content (AvgIpc) is 2.55. The predicted octanol–water partition coefficient (Wildman–Crippen LogP) is 0.198. The number of carbonyl (C=O) groups is 1. The van der Waals surface area contributed by atoms with E-state index in [4.69, 9.17) is 5.21 Å². The van der Waals surface area contributed by atoms with Gasteiger partial charge < -0.3 is 10.2 Å². The van der Waals surface area contributed by atoms with Gasteiger partial charge >= 0.3 is 0 Å². The molecule has 1 aliphatic rings. The minimum atomic E-state index is -3.57. The summed E-state index contributed by atoms with van der Waals surface area (Å²) in [5.41, 5.74) is 0.799. The summed E-state index contributed by atoms with van der Waals surface area (Å²) in [6.07, 6.45) is 8.13. The summed E-state index contributed by atoms with van der Waals surface area (Å²) in [5.74, 6) is -2.16. The number of pyridine rings is 1. The van der Waals surface area contributed by atoms with Crippen LogP contribution in [-0.2, 0) is 22.2 Å². The van der Waals surface area contributed by atoms with E-state index in [1.165, 1.54) is 5.48 Å². The van der Waals surface area contributed by atoms with Gasteiger partial charge in [-0.2, -0.15) is 0 Å². The van der Waals surface area contributed by atoms with Gasteiger partial charge in [-0.15, -0.1) is 0 Å². The van der Waals surface area contributed by atoms with Gasteiger partial charge in [-0.1, -0.05) is 24.3 Å². The van der Waals surface area contributed by atoms with E-state index in [-0.39, 0.29) is 11.1 Å². The van der Waals surface area contributed by atoms with Crippen LogP contribution in [0.4, 0.5) is 0 Å². The maximum atomic E-state index is 12.4. The summed E-state index contributed by atoms with van der Waals surface area (Å²) in [6.45, 7) is -0.675. The SMILES string of the molecule is O=C(NO)c1ncc(CS(=O)(=O)C2C=CC=CC2)c(CO)c1O. The lowest BCUT2D eigenvalue weighted by Gasteiger charge is -2.16. The monoisotopic (exact) mass is 340 g/mol. The van der Waals surface area contributed by atoms with Gasteiger partial charge in [0.25, 0.3) is 5.91 Å². The number of sulfone groups is 1. The molecule has 0 radical (unpaired) electrons. The van der Waals surface area contributed by atoms with Crippen molar-refractivity contribution >= 4 is 15.7 Å². The molecule has 9 heteroatoms. The molecule has 1 amide bonds. The molecule has 1 aromatic rings. The van der Waals surface area contributed by atoms with E-state index in [1.807, 2.05) is 0 Å². The zero-order valence-electron chi connectivity index (χ0n) is 12.0. The van der Waals surface area contributed by atoms with Gasteiger partial charge in [0.15, 0.2) is 21.3 Å². The van der Waals surface area contributed by atoms with E-state index < -0.39 is 44.8 Å². The molecular formula is C14H16N2O6S. The van der Waals surface area contributed by atoms with Crippen molar-refractivity contribution in [2.45, 2.75) is 24.0 Å². The van der Waals surface area contributed by atoms with Crippen molar-refractivity contribution in [3.63, 3.8) is 0 Å². The predicted molar refractivity (Wildman–Crippen MR) is 80.4 cm³/mol. The van der Waals surface area contributed by atoms with Gasteiger partial charge in [0.1, 0.15) is 0 Å². The number of aliphatic hydroxyl groups is 1. The van der Waals surface area contributed by atoms with Gasteiger partial charge in [0.2, 0.25) is 0 Å². The topological polar surface area (TPSA) is 137 Å². The Labute approximate surface area is 132 Å². The second kappa shape index (κ2) is 6.90. The number of allylic oxidation sites excluding steroid dienone is 3. The number of amides is 1. The van der Waals surface area contributed by atoms with Gasteiger partial charge in [-0.05, 0) is 12.0 Å². The van der Waals surface area contributed by atoms with Crippen LogP contribution < -0.4 is 5.48 Å². The molecule has 1 aliphatic carbocycles. The molecule has 0 saturated carbocycles. The summed E-state index contributed by atoms with van der Waals surface area (Å²) in [5, 5.41) is 27.2. The molecule has 0 fully saturated rings. The first kappa shape index (κ1) is 17.1. The van der Waals surface area contributed by atoms with Crippen molar-refractivity contribution in [3.05, 3.63) is 47.3 Å². The summed E-state index contributed by atoms with van der Waals surface area (Å²) in [6, 6.07) is 0. The van der Waals surface area contributed by atoms with Crippen LogP contribution in [0.3, 0.4) is 0 Å². The highest BCUT2D eigenvalue weighted by molar-refractivity contribution is 7.91. The smallest absolute Gasteiger partial charge is 0.297 e. The van der Waals surface area contributed by atoms with Crippen LogP contribution in [-0.4, -0.2) is 40.0 Å². The number of nitrogens with one attached hydrogen (secondary N) is 1. The van der Waals surface area contributed by atoms with Crippen molar-refractivity contribution < 1.29 is 28.6 Å². The van der Waals surface area contributed by atoms with E-state index in [0.29, 0.717) is 6.42 Å². The molecule has 0 aliphatic heterocycles. The molecule has 4 N–H and O–H groups in total. The number of hydrogen-bond acceptors (Lipinski definition) is 7. The van der Waals surface area contributed by atoms with Crippen LogP contribution >= 0.6 is 0 Å².